The van der Waals surface area contributed by atoms with Crippen LogP contribution in [0.15, 0.2) is 18.2 Å². The fourth-order valence-electron chi connectivity index (χ4n) is 1.29. The van der Waals surface area contributed by atoms with Gasteiger partial charge in [0.05, 0.1) is 18.4 Å². The van der Waals surface area contributed by atoms with Gasteiger partial charge in [0, 0.05) is 5.69 Å². The van der Waals surface area contributed by atoms with Crippen LogP contribution >= 0.6 is 0 Å². The van der Waals surface area contributed by atoms with E-state index in [9.17, 15) is 4.79 Å². The van der Waals surface area contributed by atoms with Crippen LogP contribution < -0.4 is 15.8 Å². The average molecular weight is 252 g/mol. The molecular weight excluding hydrogens is 232 g/mol. The van der Waals surface area contributed by atoms with Crippen molar-refractivity contribution >= 4 is 17.3 Å². The van der Waals surface area contributed by atoms with Gasteiger partial charge in [-0.05, 0) is 39.0 Å². The summed E-state index contributed by atoms with van der Waals surface area (Å²) in [6.45, 7) is 5.69. The number of carbonyl (C=O) groups is 1. The summed E-state index contributed by atoms with van der Waals surface area (Å²) < 4.78 is 10.4. The first-order valence-corrected chi connectivity index (χ1v) is 5.69. The van der Waals surface area contributed by atoms with Crippen molar-refractivity contribution in [1.82, 2.24) is 0 Å². The molecular formula is C13H20N2O3. The lowest BCUT2D eigenvalue weighted by Crippen LogP contribution is -2.27. The highest BCUT2D eigenvalue weighted by molar-refractivity contribution is 5.92. The van der Waals surface area contributed by atoms with Crippen LogP contribution in [-0.4, -0.2) is 25.2 Å². The molecule has 0 unspecified atom stereocenters. The van der Waals surface area contributed by atoms with Crippen molar-refractivity contribution in [2.45, 2.75) is 26.4 Å². The van der Waals surface area contributed by atoms with Crippen molar-refractivity contribution in [2.75, 3.05) is 24.8 Å². The van der Waals surface area contributed by atoms with Crippen LogP contribution in [-0.2, 0) is 9.53 Å². The van der Waals surface area contributed by atoms with Crippen molar-refractivity contribution < 1.29 is 14.3 Å². The Kier molecular flexibility index (Phi) is 4.55. The molecule has 0 heterocycles. The van der Waals surface area contributed by atoms with Gasteiger partial charge in [0.15, 0.2) is 0 Å². The van der Waals surface area contributed by atoms with Crippen molar-refractivity contribution in [1.29, 1.82) is 0 Å². The van der Waals surface area contributed by atoms with E-state index >= 15 is 0 Å². The predicted octanol–water partition coefficient (Wildman–Crippen LogP) is 2.03. The summed E-state index contributed by atoms with van der Waals surface area (Å²) in [6.07, 6.45) is 0. The number of nitrogens with one attached hydrogen (secondary N) is 1. The number of methoxy groups -OCH3 is 1. The molecule has 0 fully saturated rings. The summed E-state index contributed by atoms with van der Waals surface area (Å²) in [7, 11) is 1.54. The summed E-state index contributed by atoms with van der Waals surface area (Å²) in [5, 5.41) is 2.71. The zero-order valence-corrected chi connectivity index (χ0v) is 11.2. The molecule has 1 aromatic carbocycles. The second-order valence-electron chi connectivity index (χ2n) is 4.91. The minimum atomic E-state index is -0.337. The number of nitrogens with two attached hydrogens (primary N) is 1. The lowest BCUT2D eigenvalue weighted by atomic mass is 10.2. The largest absolute Gasteiger partial charge is 0.495 e. The third kappa shape index (κ3) is 4.63. The molecule has 18 heavy (non-hydrogen) atoms. The minimum Gasteiger partial charge on any atom is -0.495 e. The van der Waals surface area contributed by atoms with Crippen LogP contribution in [0.1, 0.15) is 20.8 Å². The minimum absolute atomic E-state index is 0.00936. The Balaban J connectivity index is 2.57. The fraction of sp³-hybridized carbons (Fsp3) is 0.462. The molecule has 1 amide bonds. The van der Waals surface area contributed by atoms with Gasteiger partial charge in [-0.1, -0.05) is 0 Å². The highest BCUT2D eigenvalue weighted by atomic mass is 16.5. The van der Waals surface area contributed by atoms with Gasteiger partial charge in [0.1, 0.15) is 12.4 Å². The van der Waals surface area contributed by atoms with Crippen LogP contribution in [0.2, 0.25) is 0 Å². The SMILES string of the molecule is COc1ccc(NC(=O)COC(C)(C)C)cc1N. The zero-order valence-electron chi connectivity index (χ0n) is 11.2. The predicted molar refractivity (Wildman–Crippen MR) is 71.7 cm³/mol. The van der Waals surface area contributed by atoms with Crippen LogP contribution in [0.5, 0.6) is 5.75 Å². The maximum atomic E-state index is 11.6. The molecule has 5 nitrogen and oxygen atoms in total. The lowest BCUT2D eigenvalue weighted by Gasteiger charge is -2.19. The van der Waals surface area contributed by atoms with Gasteiger partial charge < -0.3 is 20.5 Å². The molecule has 0 aromatic heterocycles. The highest BCUT2D eigenvalue weighted by Gasteiger charge is 2.13. The van der Waals surface area contributed by atoms with Gasteiger partial charge in [-0.15, -0.1) is 0 Å². The molecule has 0 spiro atoms. The third-order valence-electron chi connectivity index (χ3n) is 2.15. The van der Waals surface area contributed by atoms with E-state index in [1.54, 1.807) is 25.3 Å². The Hall–Kier alpha value is -1.75. The number of carbonyl (C=O) groups excluding carboxylic acids is 1. The fourth-order valence-corrected chi connectivity index (χ4v) is 1.29. The summed E-state index contributed by atoms with van der Waals surface area (Å²) >= 11 is 0. The summed E-state index contributed by atoms with van der Waals surface area (Å²) in [5.74, 6) is 0.369. The Morgan fingerprint density at radius 3 is 2.56 bits per heavy atom. The van der Waals surface area contributed by atoms with E-state index in [4.69, 9.17) is 15.2 Å². The number of rotatable bonds is 4. The normalized spacial score (nSPS) is 11.1. The molecule has 0 aliphatic rings. The maximum absolute atomic E-state index is 11.6. The quantitative estimate of drug-likeness (QED) is 0.804. The van der Waals surface area contributed by atoms with Crippen LogP contribution in [0.3, 0.4) is 0 Å². The van der Waals surface area contributed by atoms with Gasteiger partial charge in [-0.25, -0.2) is 0 Å². The molecule has 1 aromatic rings. The maximum Gasteiger partial charge on any atom is 0.250 e. The van der Waals surface area contributed by atoms with E-state index in [0.717, 1.165) is 0 Å². The van der Waals surface area contributed by atoms with Crippen molar-refractivity contribution in [3.05, 3.63) is 18.2 Å². The molecule has 0 saturated heterocycles. The van der Waals surface area contributed by atoms with Gasteiger partial charge in [-0.2, -0.15) is 0 Å². The number of hydrogen-bond acceptors (Lipinski definition) is 4. The van der Waals surface area contributed by atoms with Crippen LogP contribution in [0, 0.1) is 0 Å². The topological polar surface area (TPSA) is 73.6 Å². The van der Waals surface area contributed by atoms with Crippen molar-refractivity contribution in [3.63, 3.8) is 0 Å². The third-order valence-corrected chi connectivity index (χ3v) is 2.15. The van der Waals surface area contributed by atoms with Crippen molar-refractivity contribution in [2.24, 2.45) is 0 Å². The van der Waals surface area contributed by atoms with E-state index < -0.39 is 0 Å². The Morgan fingerprint density at radius 1 is 1.39 bits per heavy atom. The molecule has 3 N–H and O–H groups in total. The molecule has 1 rings (SSSR count). The van der Waals surface area contributed by atoms with E-state index in [1.165, 1.54) is 0 Å². The molecule has 0 saturated carbocycles. The Bertz CT molecular complexity index is 425. The summed E-state index contributed by atoms with van der Waals surface area (Å²) in [6, 6.07) is 5.08. The number of nitrogen functional groups attached to an aromatic ring is 1. The Labute approximate surface area is 107 Å². The number of amides is 1. The Morgan fingerprint density at radius 2 is 2.06 bits per heavy atom. The van der Waals surface area contributed by atoms with E-state index in [2.05, 4.69) is 5.32 Å². The number of ether oxygens (including phenoxy) is 2. The van der Waals surface area contributed by atoms with Gasteiger partial charge >= 0.3 is 0 Å². The monoisotopic (exact) mass is 252 g/mol. The number of hydrogen-bond donors (Lipinski definition) is 2. The first-order chi connectivity index (χ1) is 8.31. The molecule has 0 bridgehead atoms. The first-order valence-electron chi connectivity index (χ1n) is 5.69. The number of benzene rings is 1. The first kappa shape index (κ1) is 14.3. The van der Waals surface area contributed by atoms with E-state index in [-0.39, 0.29) is 18.1 Å². The average Bonchev–Trinajstić information content (AvgIpc) is 2.26. The molecule has 0 radical (unpaired) electrons. The highest BCUT2D eigenvalue weighted by Crippen LogP contribution is 2.24. The standard InChI is InChI=1S/C13H20N2O3/c1-13(2,3)18-8-12(16)15-9-5-6-11(17-4)10(14)7-9/h5-7H,8,14H2,1-4H3,(H,15,16). The number of anilines is 2. The van der Waals surface area contributed by atoms with Gasteiger partial charge in [-0.3, -0.25) is 4.79 Å². The molecule has 100 valence electrons. The smallest absolute Gasteiger partial charge is 0.250 e. The van der Waals surface area contributed by atoms with E-state index in [1.807, 2.05) is 20.8 Å². The van der Waals surface area contributed by atoms with Gasteiger partial charge in [0.25, 0.3) is 0 Å². The van der Waals surface area contributed by atoms with Crippen LogP contribution in [0.25, 0.3) is 0 Å². The van der Waals surface area contributed by atoms with Crippen molar-refractivity contribution in [3.8, 4) is 5.75 Å². The summed E-state index contributed by atoms with van der Waals surface area (Å²) in [5.41, 5.74) is 6.51. The van der Waals surface area contributed by atoms with E-state index in [0.29, 0.717) is 17.1 Å². The lowest BCUT2D eigenvalue weighted by molar-refractivity contribution is -0.125. The van der Waals surface area contributed by atoms with Gasteiger partial charge in [0.2, 0.25) is 5.91 Å². The second-order valence-corrected chi connectivity index (χ2v) is 4.91. The zero-order chi connectivity index (χ0) is 13.8. The molecule has 0 atom stereocenters. The molecule has 5 heteroatoms. The second kappa shape index (κ2) is 5.73. The summed E-state index contributed by atoms with van der Waals surface area (Å²) in [4.78, 5) is 11.6. The molecule has 0 aliphatic heterocycles. The molecule has 0 aliphatic carbocycles. The van der Waals surface area contributed by atoms with Crippen LogP contribution in [0.4, 0.5) is 11.4 Å².